The number of hydrogen-bond donors (Lipinski definition) is 1. The van der Waals surface area contributed by atoms with Crippen LogP contribution in [-0.4, -0.2) is 37.3 Å². The topological polar surface area (TPSA) is 77.1 Å². The highest BCUT2D eigenvalue weighted by Crippen LogP contribution is 2.23. The number of aromatic nitrogens is 5. The van der Waals surface area contributed by atoms with Crippen LogP contribution < -0.4 is 5.32 Å². The second kappa shape index (κ2) is 5.01. The molecule has 0 spiro atoms. The quantitative estimate of drug-likeness (QED) is 0.786. The Hall–Kier alpha value is -2.70. The first kappa shape index (κ1) is 13.3. The normalized spacial score (nSPS) is 11.0. The van der Waals surface area contributed by atoms with Crippen LogP contribution >= 0.6 is 0 Å². The maximum atomic E-state index is 11.7. The molecule has 0 radical (unpaired) electrons. The van der Waals surface area contributed by atoms with Gasteiger partial charge in [-0.3, -0.25) is 9.48 Å². The molecule has 0 aliphatic rings. The largest absolute Gasteiger partial charge is 0.354 e. The number of fused-ring (bicyclic) bond motifs is 1. The molecular weight excluding hydrogens is 268 g/mol. The fourth-order valence-corrected chi connectivity index (χ4v) is 2.36. The summed E-state index contributed by atoms with van der Waals surface area (Å²) in [6, 6.07) is 3.54. The van der Waals surface area contributed by atoms with E-state index >= 15 is 0 Å². The second-order valence-electron chi connectivity index (χ2n) is 4.67. The minimum Gasteiger partial charge on any atom is -0.354 e. The fraction of sp³-hybridized carbons (Fsp3) is 0.286. The van der Waals surface area contributed by atoms with Crippen LogP contribution in [0.4, 0.5) is 0 Å². The van der Waals surface area contributed by atoms with Crippen LogP contribution in [0, 0.1) is 6.92 Å². The minimum absolute atomic E-state index is 0.229. The minimum atomic E-state index is -0.229. The van der Waals surface area contributed by atoms with Gasteiger partial charge in [0.2, 0.25) is 0 Å². The third-order valence-corrected chi connectivity index (χ3v) is 3.50. The lowest BCUT2D eigenvalue weighted by molar-refractivity contribution is 0.0958. The molecule has 0 aliphatic carbocycles. The zero-order chi connectivity index (χ0) is 15.0. The van der Waals surface area contributed by atoms with Crippen molar-refractivity contribution in [3.05, 3.63) is 35.9 Å². The molecule has 108 valence electrons. The highest BCUT2D eigenvalue weighted by molar-refractivity contribution is 5.93. The van der Waals surface area contributed by atoms with Gasteiger partial charge in [0.25, 0.3) is 5.91 Å². The summed E-state index contributed by atoms with van der Waals surface area (Å²) in [5, 5.41) is 11.3. The maximum Gasteiger partial charge on any atom is 0.271 e. The summed E-state index contributed by atoms with van der Waals surface area (Å²) in [6.45, 7) is 4.87. The van der Waals surface area contributed by atoms with Crippen molar-refractivity contribution in [2.24, 2.45) is 0 Å². The van der Waals surface area contributed by atoms with Crippen molar-refractivity contribution in [1.29, 1.82) is 0 Å². The maximum absolute atomic E-state index is 11.7. The van der Waals surface area contributed by atoms with Crippen LogP contribution in [0.1, 0.15) is 23.1 Å². The molecule has 0 aliphatic heterocycles. The predicted octanol–water partition coefficient (Wildman–Crippen LogP) is 1.28. The molecule has 0 fully saturated rings. The number of carbonyl (C=O) groups is 1. The molecule has 1 N–H and O–H groups in total. The molecular formula is C14H16N6O. The number of nitrogens with one attached hydrogen (secondary N) is 1. The first-order valence-corrected chi connectivity index (χ1v) is 6.75. The predicted molar refractivity (Wildman–Crippen MR) is 78.0 cm³/mol. The fourth-order valence-electron chi connectivity index (χ4n) is 2.36. The highest BCUT2D eigenvalue weighted by Gasteiger charge is 2.15. The molecule has 3 heterocycles. The summed E-state index contributed by atoms with van der Waals surface area (Å²) in [6.07, 6.45) is 3.53. The lowest BCUT2D eigenvalue weighted by Gasteiger charge is -2.04. The molecule has 3 rings (SSSR count). The van der Waals surface area contributed by atoms with Gasteiger partial charge in [-0.25, -0.2) is 9.50 Å². The Bertz CT molecular complexity index is 816. The number of nitrogens with zero attached hydrogens (tertiary/aromatic N) is 5. The summed E-state index contributed by atoms with van der Waals surface area (Å²) in [5.41, 5.74) is 3.89. The molecule has 0 saturated carbocycles. The number of carbonyl (C=O) groups excluding carboxylic acids is 1. The number of rotatable bonds is 3. The third kappa shape index (κ3) is 2.06. The van der Waals surface area contributed by atoms with Crippen molar-refractivity contribution in [1.82, 2.24) is 29.7 Å². The molecule has 0 unspecified atom stereocenters. The van der Waals surface area contributed by atoms with Crippen molar-refractivity contribution >= 4 is 11.6 Å². The van der Waals surface area contributed by atoms with E-state index in [2.05, 4.69) is 20.5 Å². The van der Waals surface area contributed by atoms with Gasteiger partial charge in [0.05, 0.1) is 11.9 Å². The Morgan fingerprint density at radius 1 is 1.43 bits per heavy atom. The van der Waals surface area contributed by atoms with E-state index in [0.29, 0.717) is 11.3 Å². The van der Waals surface area contributed by atoms with Gasteiger partial charge < -0.3 is 5.32 Å². The van der Waals surface area contributed by atoms with Crippen LogP contribution in [-0.2, 0) is 6.54 Å². The summed E-state index contributed by atoms with van der Waals surface area (Å²) >= 11 is 0. The van der Waals surface area contributed by atoms with E-state index in [1.165, 1.54) is 0 Å². The van der Waals surface area contributed by atoms with Crippen molar-refractivity contribution in [3.8, 4) is 11.3 Å². The average Bonchev–Trinajstić information content (AvgIpc) is 3.09. The molecule has 0 saturated heterocycles. The van der Waals surface area contributed by atoms with Gasteiger partial charge in [-0.15, -0.1) is 0 Å². The third-order valence-electron chi connectivity index (χ3n) is 3.50. The van der Waals surface area contributed by atoms with E-state index in [1.54, 1.807) is 23.8 Å². The van der Waals surface area contributed by atoms with Crippen LogP contribution in [0.5, 0.6) is 0 Å². The van der Waals surface area contributed by atoms with Gasteiger partial charge in [-0.1, -0.05) is 0 Å². The Kier molecular flexibility index (Phi) is 3.17. The zero-order valence-corrected chi connectivity index (χ0v) is 12.2. The Morgan fingerprint density at radius 2 is 2.24 bits per heavy atom. The van der Waals surface area contributed by atoms with Crippen LogP contribution in [0.2, 0.25) is 0 Å². The van der Waals surface area contributed by atoms with Gasteiger partial charge in [-0.05, 0) is 19.9 Å². The average molecular weight is 284 g/mol. The first-order chi connectivity index (χ1) is 10.2. The summed E-state index contributed by atoms with van der Waals surface area (Å²) in [7, 11) is 1.58. The standard InChI is InChI=1S/C14H16N6O/c1-4-19-9(2)10(8-17-19)12-5-6-16-13-7-11(14(21)15-3)18-20(12)13/h5-8H,4H2,1-3H3,(H,15,21). The van der Waals surface area contributed by atoms with Crippen molar-refractivity contribution < 1.29 is 4.79 Å². The van der Waals surface area contributed by atoms with Crippen molar-refractivity contribution in [3.63, 3.8) is 0 Å². The second-order valence-corrected chi connectivity index (χ2v) is 4.67. The SMILES string of the molecule is CCn1ncc(-c2ccnc3cc(C(=O)NC)nn23)c1C. The van der Waals surface area contributed by atoms with Crippen molar-refractivity contribution in [2.75, 3.05) is 7.05 Å². The van der Waals surface area contributed by atoms with Gasteiger partial charge in [0, 0.05) is 37.1 Å². The van der Waals surface area contributed by atoms with Crippen LogP contribution in [0.15, 0.2) is 24.5 Å². The Balaban J connectivity index is 2.20. The highest BCUT2D eigenvalue weighted by atomic mass is 16.1. The molecule has 21 heavy (non-hydrogen) atoms. The van der Waals surface area contributed by atoms with E-state index in [4.69, 9.17) is 0 Å². The summed E-state index contributed by atoms with van der Waals surface area (Å²) in [5.74, 6) is -0.229. The van der Waals surface area contributed by atoms with E-state index in [-0.39, 0.29) is 5.91 Å². The van der Waals surface area contributed by atoms with E-state index in [1.807, 2.05) is 30.8 Å². The van der Waals surface area contributed by atoms with E-state index in [0.717, 1.165) is 23.5 Å². The molecule has 1 amide bonds. The van der Waals surface area contributed by atoms with Crippen LogP contribution in [0.3, 0.4) is 0 Å². The number of hydrogen-bond acceptors (Lipinski definition) is 4. The molecule has 3 aromatic heterocycles. The monoisotopic (exact) mass is 284 g/mol. The van der Waals surface area contributed by atoms with E-state index in [9.17, 15) is 4.79 Å². The van der Waals surface area contributed by atoms with Gasteiger partial charge in [0.1, 0.15) is 0 Å². The van der Waals surface area contributed by atoms with Gasteiger partial charge >= 0.3 is 0 Å². The molecule has 3 aromatic rings. The molecule has 7 heteroatoms. The van der Waals surface area contributed by atoms with Crippen molar-refractivity contribution in [2.45, 2.75) is 20.4 Å². The molecule has 0 atom stereocenters. The van der Waals surface area contributed by atoms with Gasteiger partial charge in [-0.2, -0.15) is 10.2 Å². The Morgan fingerprint density at radius 3 is 2.90 bits per heavy atom. The van der Waals surface area contributed by atoms with Crippen LogP contribution in [0.25, 0.3) is 16.9 Å². The zero-order valence-electron chi connectivity index (χ0n) is 12.2. The number of aryl methyl sites for hydroxylation is 1. The molecule has 0 aromatic carbocycles. The lowest BCUT2D eigenvalue weighted by Crippen LogP contribution is -2.18. The number of amides is 1. The van der Waals surface area contributed by atoms with E-state index < -0.39 is 0 Å². The smallest absolute Gasteiger partial charge is 0.271 e. The summed E-state index contributed by atoms with van der Waals surface area (Å²) < 4.78 is 3.60. The van der Waals surface area contributed by atoms with Gasteiger partial charge in [0.15, 0.2) is 11.3 Å². The first-order valence-electron chi connectivity index (χ1n) is 6.75. The Labute approximate surface area is 121 Å². The summed E-state index contributed by atoms with van der Waals surface area (Å²) in [4.78, 5) is 16.0. The molecule has 0 bridgehead atoms. The molecule has 7 nitrogen and oxygen atoms in total. The lowest BCUT2D eigenvalue weighted by atomic mass is 10.2.